The molecule has 0 fully saturated rings. The monoisotopic (exact) mass is 858 g/mol. The maximum atomic E-state index is 12.5. The van der Waals surface area contributed by atoms with Gasteiger partial charge in [-0.2, -0.15) is 0 Å². The lowest BCUT2D eigenvalue weighted by Crippen LogP contribution is -2.45. The first-order valence-electron chi connectivity index (χ1n) is 27.3. The lowest BCUT2D eigenvalue weighted by Gasteiger charge is -2.21. The molecule has 3 atom stereocenters. The number of rotatable bonds is 50. The molecule has 0 rings (SSSR count). The minimum atomic E-state index is -0.932. The summed E-state index contributed by atoms with van der Waals surface area (Å²) in [5.74, 6) is -0.317. The van der Waals surface area contributed by atoms with Gasteiger partial charge in [0.05, 0.1) is 31.3 Å². The molecule has 3 unspecified atom stereocenters. The van der Waals surface area contributed by atoms with Crippen molar-refractivity contribution in [3.05, 3.63) is 36.5 Å². The summed E-state index contributed by atoms with van der Waals surface area (Å²) in [6.45, 7) is 4.24. The minimum Gasteiger partial charge on any atom is -0.394 e. The number of allylic oxidation sites excluding steroid dienone is 5. The van der Waals surface area contributed by atoms with Gasteiger partial charge in [-0.05, 0) is 51.4 Å². The highest BCUT2D eigenvalue weighted by molar-refractivity contribution is 5.76. The van der Waals surface area contributed by atoms with Crippen molar-refractivity contribution < 1.29 is 20.1 Å². The van der Waals surface area contributed by atoms with Crippen molar-refractivity contribution in [3.63, 3.8) is 0 Å². The highest BCUT2D eigenvalue weighted by Crippen LogP contribution is 2.17. The summed E-state index contributed by atoms with van der Waals surface area (Å²) in [5.41, 5.74) is 0. The quantitative estimate of drug-likeness (QED) is 0.0362. The third-order valence-corrected chi connectivity index (χ3v) is 12.7. The molecule has 360 valence electrons. The van der Waals surface area contributed by atoms with E-state index in [0.717, 1.165) is 32.1 Å². The Bertz CT molecular complexity index is 947. The van der Waals surface area contributed by atoms with Crippen molar-refractivity contribution in [3.8, 4) is 0 Å². The fraction of sp³-hybridized carbons (Fsp3) is 0.875. The SMILES string of the molecule is CCCCCCCCCCC/C=C\C/C=C\CCCCCCCCCC(O)CC(=O)NC(CO)C(O)/C=C/CCCCCCCCCCCCCCCCCCCCCCC. The van der Waals surface area contributed by atoms with Gasteiger partial charge in [-0.25, -0.2) is 0 Å². The molecule has 0 heterocycles. The average Bonchev–Trinajstić information content (AvgIpc) is 3.25. The third kappa shape index (κ3) is 47.9. The summed E-state index contributed by atoms with van der Waals surface area (Å²) in [6, 6.07) is -0.748. The number of amides is 1. The van der Waals surface area contributed by atoms with Gasteiger partial charge < -0.3 is 20.6 Å². The van der Waals surface area contributed by atoms with E-state index in [4.69, 9.17) is 0 Å². The zero-order chi connectivity index (χ0) is 44.4. The first kappa shape index (κ1) is 59.6. The van der Waals surface area contributed by atoms with Gasteiger partial charge in [0.2, 0.25) is 5.91 Å². The van der Waals surface area contributed by atoms with Crippen molar-refractivity contribution in [1.82, 2.24) is 5.32 Å². The molecule has 0 aliphatic carbocycles. The number of hydrogen-bond acceptors (Lipinski definition) is 4. The molecule has 0 spiro atoms. The van der Waals surface area contributed by atoms with E-state index >= 15 is 0 Å². The Morgan fingerprint density at radius 1 is 0.426 bits per heavy atom. The molecule has 1 amide bonds. The zero-order valence-corrected chi connectivity index (χ0v) is 41.1. The van der Waals surface area contributed by atoms with Crippen molar-refractivity contribution in [2.24, 2.45) is 0 Å². The number of nitrogens with one attached hydrogen (secondary N) is 1. The highest BCUT2D eigenvalue weighted by atomic mass is 16.3. The summed E-state index contributed by atoms with van der Waals surface area (Å²) in [4.78, 5) is 12.5. The van der Waals surface area contributed by atoms with E-state index in [9.17, 15) is 20.1 Å². The fourth-order valence-corrected chi connectivity index (χ4v) is 8.49. The maximum absolute atomic E-state index is 12.5. The lowest BCUT2D eigenvalue weighted by atomic mass is 10.0. The molecule has 5 heteroatoms. The fourth-order valence-electron chi connectivity index (χ4n) is 8.49. The van der Waals surface area contributed by atoms with Gasteiger partial charge in [-0.3, -0.25) is 4.79 Å². The first-order valence-corrected chi connectivity index (χ1v) is 27.3. The second-order valence-electron chi connectivity index (χ2n) is 18.8. The lowest BCUT2D eigenvalue weighted by molar-refractivity contribution is -0.124. The number of carbonyl (C=O) groups excluding carboxylic acids is 1. The molecule has 0 saturated carbocycles. The predicted octanol–water partition coefficient (Wildman–Crippen LogP) is 16.7. The Kier molecular flexibility index (Phi) is 50.0. The van der Waals surface area contributed by atoms with E-state index < -0.39 is 18.2 Å². The molecular formula is C56H107NO4. The van der Waals surface area contributed by atoms with Crippen molar-refractivity contribution in [2.45, 2.75) is 308 Å². The van der Waals surface area contributed by atoms with Gasteiger partial charge in [0, 0.05) is 0 Å². The number of aliphatic hydroxyl groups is 3. The molecule has 5 nitrogen and oxygen atoms in total. The zero-order valence-electron chi connectivity index (χ0n) is 41.1. The summed E-state index contributed by atoms with van der Waals surface area (Å²) in [6.07, 6.45) is 66.0. The van der Waals surface area contributed by atoms with Gasteiger partial charge in [0.1, 0.15) is 0 Å². The van der Waals surface area contributed by atoms with Crippen LogP contribution in [0.4, 0.5) is 0 Å². The highest BCUT2D eigenvalue weighted by Gasteiger charge is 2.20. The van der Waals surface area contributed by atoms with Crippen LogP contribution in [-0.2, 0) is 4.79 Å². The van der Waals surface area contributed by atoms with E-state index in [1.807, 2.05) is 6.08 Å². The molecule has 0 aromatic carbocycles. The Labute approximate surface area is 381 Å². The first-order chi connectivity index (χ1) is 30.0. The van der Waals surface area contributed by atoms with Gasteiger partial charge >= 0.3 is 0 Å². The van der Waals surface area contributed by atoms with E-state index in [1.54, 1.807) is 6.08 Å². The van der Waals surface area contributed by atoms with Crippen LogP contribution in [0.15, 0.2) is 36.5 Å². The summed E-state index contributed by atoms with van der Waals surface area (Å²) >= 11 is 0. The molecule has 61 heavy (non-hydrogen) atoms. The second kappa shape index (κ2) is 51.2. The molecule has 0 aromatic rings. The largest absolute Gasteiger partial charge is 0.394 e. The third-order valence-electron chi connectivity index (χ3n) is 12.7. The maximum Gasteiger partial charge on any atom is 0.222 e. The van der Waals surface area contributed by atoms with Gasteiger partial charge in [0.25, 0.3) is 0 Å². The average molecular weight is 858 g/mol. The van der Waals surface area contributed by atoms with Crippen LogP contribution >= 0.6 is 0 Å². The number of hydrogen-bond donors (Lipinski definition) is 4. The minimum absolute atomic E-state index is 0.00892. The standard InChI is InChI=1S/C56H107NO4/c1-3-5-7-9-11-13-15-17-19-21-23-25-27-29-31-33-35-37-39-41-43-45-47-49-53(59)51-56(61)57-54(52-58)55(60)50-48-46-44-42-40-38-36-34-32-30-28-26-24-22-20-18-16-14-12-10-8-6-4-2/h23,25,29,31,48,50,53-55,58-60H,3-22,24,26-28,30,32-47,49,51-52H2,1-2H3,(H,57,61)/b25-23-,31-29-,50-48+. The number of aliphatic hydroxyl groups excluding tert-OH is 3. The van der Waals surface area contributed by atoms with E-state index in [2.05, 4.69) is 43.5 Å². The van der Waals surface area contributed by atoms with E-state index in [-0.39, 0.29) is 18.9 Å². The molecule has 0 aliphatic rings. The van der Waals surface area contributed by atoms with Crippen LogP contribution in [0.2, 0.25) is 0 Å². The Morgan fingerprint density at radius 2 is 0.738 bits per heavy atom. The molecule has 0 radical (unpaired) electrons. The van der Waals surface area contributed by atoms with Crippen LogP contribution in [0.25, 0.3) is 0 Å². The van der Waals surface area contributed by atoms with Gasteiger partial charge in [-0.15, -0.1) is 0 Å². The van der Waals surface area contributed by atoms with Crippen LogP contribution in [0.5, 0.6) is 0 Å². The van der Waals surface area contributed by atoms with E-state index in [1.165, 1.54) is 231 Å². The normalized spacial score (nSPS) is 13.6. The van der Waals surface area contributed by atoms with E-state index in [0.29, 0.717) is 6.42 Å². The van der Waals surface area contributed by atoms with Crippen LogP contribution < -0.4 is 5.32 Å². The molecule has 4 N–H and O–H groups in total. The summed E-state index contributed by atoms with van der Waals surface area (Å²) in [5, 5.41) is 33.4. The number of carbonyl (C=O) groups is 1. The van der Waals surface area contributed by atoms with Crippen molar-refractivity contribution in [1.29, 1.82) is 0 Å². The predicted molar refractivity (Wildman–Crippen MR) is 268 cm³/mol. The smallest absolute Gasteiger partial charge is 0.222 e. The van der Waals surface area contributed by atoms with Crippen LogP contribution in [-0.4, -0.2) is 46.1 Å². The topological polar surface area (TPSA) is 89.8 Å². The summed E-state index contributed by atoms with van der Waals surface area (Å²) in [7, 11) is 0. The summed E-state index contributed by atoms with van der Waals surface area (Å²) < 4.78 is 0. The number of unbranched alkanes of at least 4 members (excludes halogenated alkanes) is 37. The molecular weight excluding hydrogens is 751 g/mol. The van der Waals surface area contributed by atoms with Crippen LogP contribution in [0.1, 0.15) is 290 Å². The molecule has 0 bridgehead atoms. The van der Waals surface area contributed by atoms with Gasteiger partial charge in [0.15, 0.2) is 0 Å². The van der Waals surface area contributed by atoms with Crippen molar-refractivity contribution in [2.75, 3.05) is 6.61 Å². The van der Waals surface area contributed by atoms with Crippen LogP contribution in [0.3, 0.4) is 0 Å². The second-order valence-corrected chi connectivity index (χ2v) is 18.8. The Hall–Kier alpha value is -1.43. The Morgan fingerprint density at radius 3 is 1.08 bits per heavy atom. The molecule has 0 aromatic heterocycles. The molecule has 0 saturated heterocycles. The van der Waals surface area contributed by atoms with Crippen LogP contribution in [0, 0.1) is 0 Å². The Balaban J connectivity index is 3.61. The van der Waals surface area contributed by atoms with Gasteiger partial charge in [-0.1, -0.05) is 269 Å². The van der Waals surface area contributed by atoms with Crippen molar-refractivity contribution >= 4 is 5.91 Å². The molecule has 0 aliphatic heterocycles.